The molecule has 0 fully saturated rings. The van der Waals surface area contributed by atoms with Gasteiger partial charge in [0.1, 0.15) is 0 Å². The van der Waals surface area contributed by atoms with Crippen LogP contribution in [0.5, 0.6) is 0 Å². The third-order valence-electron chi connectivity index (χ3n) is 14.7. The van der Waals surface area contributed by atoms with Crippen molar-refractivity contribution in [3.63, 3.8) is 0 Å². The largest absolute Gasteiger partial charge is 0.0654 e. The van der Waals surface area contributed by atoms with Gasteiger partial charge in [0.25, 0.3) is 0 Å². The second-order valence-electron chi connectivity index (χ2n) is 19.1. The van der Waals surface area contributed by atoms with E-state index in [1.807, 2.05) is 0 Å². The number of hydrogen-bond donors (Lipinski definition) is 0. The Morgan fingerprint density at radius 3 is 1.39 bits per heavy atom. The molecule has 1 atom stereocenters. The number of rotatable bonds is 24. The first-order chi connectivity index (χ1) is 31.7. The summed E-state index contributed by atoms with van der Waals surface area (Å²) in [7, 11) is 0. The Kier molecular flexibility index (Phi) is 15.3. The van der Waals surface area contributed by atoms with Crippen LogP contribution in [0.3, 0.4) is 0 Å². The second-order valence-corrected chi connectivity index (χ2v) is 20.0. The third kappa shape index (κ3) is 9.91. The Balaban J connectivity index is 0.870. The van der Waals surface area contributed by atoms with Crippen LogP contribution in [0, 0.1) is 0 Å². The molecule has 1 unspecified atom stereocenters. The highest BCUT2D eigenvalue weighted by Crippen LogP contribution is 2.58. The lowest BCUT2D eigenvalue weighted by Gasteiger charge is -2.18. The third-order valence-corrected chi connectivity index (χ3v) is 15.2. The minimum absolute atomic E-state index is 0.416. The van der Waals surface area contributed by atoms with Gasteiger partial charge in [0, 0.05) is 10.4 Å². The van der Waals surface area contributed by atoms with Crippen LogP contribution >= 0.6 is 15.9 Å². The Morgan fingerprint density at radius 2 is 0.812 bits per heavy atom. The SMILES string of the molecule is CCCCCCCCCCCCCCCCCCCCCCC1c2cc(Br)ccc2-c2ccc(-c3ccc4cccc5c4c3-c3c(-c4ccccc4)ccc(-c4ccccc4)c3-5)cc21. The predicted octanol–water partition coefficient (Wildman–Crippen LogP) is 20.6. The van der Waals surface area contributed by atoms with E-state index < -0.39 is 0 Å². The number of fused-ring (bicyclic) bond motifs is 6. The van der Waals surface area contributed by atoms with Gasteiger partial charge in [0.15, 0.2) is 0 Å². The molecule has 7 aromatic carbocycles. The first-order valence-electron chi connectivity index (χ1n) is 25.5. The van der Waals surface area contributed by atoms with Gasteiger partial charge < -0.3 is 0 Å². The average Bonchev–Trinajstić information content (AvgIpc) is 3.84. The highest BCUT2D eigenvalue weighted by molar-refractivity contribution is 9.10. The molecule has 0 bridgehead atoms. The monoisotopic (exact) mass is 904 g/mol. The van der Waals surface area contributed by atoms with E-state index in [2.05, 4.69) is 162 Å². The lowest BCUT2D eigenvalue weighted by molar-refractivity contribution is 0.518. The number of benzene rings is 7. The van der Waals surface area contributed by atoms with Crippen molar-refractivity contribution in [2.75, 3.05) is 0 Å². The molecule has 0 aromatic heterocycles. The highest BCUT2D eigenvalue weighted by Gasteiger charge is 2.32. The molecule has 7 aromatic rings. The lowest BCUT2D eigenvalue weighted by atomic mass is 9.85. The molecule has 0 spiro atoms. The minimum Gasteiger partial charge on any atom is -0.0654 e. The average molecular weight is 906 g/mol. The van der Waals surface area contributed by atoms with Gasteiger partial charge in [-0.05, 0) is 113 Å². The van der Waals surface area contributed by atoms with Crippen molar-refractivity contribution < 1.29 is 0 Å². The molecule has 2 aliphatic carbocycles. The first-order valence-corrected chi connectivity index (χ1v) is 26.3. The van der Waals surface area contributed by atoms with Gasteiger partial charge in [-0.2, -0.15) is 0 Å². The highest BCUT2D eigenvalue weighted by atomic mass is 79.9. The summed E-state index contributed by atoms with van der Waals surface area (Å²) >= 11 is 3.86. The van der Waals surface area contributed by atoms with Gasteiger partial charge in [-0.1, -0.05) is 273 Å². The molecule has 1 heteroatoms. The standard InChI is InChI=1S/C63H69Br/c1-2-3-4-5-6-7-8-9-10-11-12-13-14-15-16-17-18-19-20-27-34-54-58-44-49(37-40-55(58)56-41-38-50(64)45-59(54)56)53-39-36-48-33-28-35-57-60(48)62(53)63-52(47-31-25-22-26-32-47)43-42-51(61(57)63)46-29-23-21-24-30-46/h21-26,28-33,35-45,54H,2-20,27,34H2,1H3. The zero-order valence-electron chi connectivity index (χ0n) is 38.6. The van der Waals surface area contributed by atoms with Crippen LogP contribution in [0.2, 0.25) is 0 Å². The summed E-state index contributed by atoms with van der Waals surface area (Å²) in [6, 6.07) is 52.8. The van der Waals surface area contributed by atoms with Gasteiger partial charge in [-0.15, -0.1) is 0 Å². The maximum atomic E-state index is 3.86. The van der Waals surface area contributed by atoms with Gasteiger partial charge in [0.05, 0.1) is 0 Å². The van der Waals surface area contributed by atoms with E-state index in [4.69, 9.17) is 0 Å². The van der Waals surface area contributed by atoms with Gasteiger partial charge in [0.2, 0.25) is 0 Å². The van der Waals surface area contributed by atoms with Gasteiger partial charge in [-0.3, -0.25) is 0 Å². The molecule has 2 aliphatic rings. The summed E-state index contributed by atoms with van der Waals surface area (Å²) in [5.41, 5.74) is 19.1. The van der Waals surface area contributed by atoms with Crippen molar-refractivity contribution in [1.82, 2.24) is 0 Å². The summed E-state index contributed by atoms with van der Waals surface area (Å²) in [6.07, 6.45) is 29.6. The second kappa shape index (κ2) is 22.0. The van der Waals surface area contributed by atoms with Gasteiger partial charge in [-0.25, -0.2) is 0 Å². The van der Waals surface area contributed by atoms with Crippen LogP contribution < -0.4 is 0 Å². The normalized spacial score (nSPS) is 13.4. The molecule has 0 heterocycles. The summed E-state index contributed by atoms with van der Waals surface area (Å²) < 4.78 is 1.18. The summed E-state index contributed by atoms with van der Waals surface area (Å²) in [4.78, 5) is 0. The molecule has 0 saturated carbocycles. The molecule has 328 valence electrons. The molecular formula is C63H69Br. The molecule has 0 radical (unpaired) electrons. The van der Waals surface area contributed by atoms with E-state index in [1.165, 1.54) is 228 Å². The molecule has 0 aliphatic heterocycles. The number of halogens is 1. The molecule has 0 amide bonds. The quantitative estimate of drug-likeness (QED) is 0.0530. The van der Waals surface area contributed by atoms with Crippen LogP contribution in [0.4, 0.5) is 0 Å². The predicted molar refractivity (Wildman–Crippen MR) is 282 cm³/mol. The fraction of sp³-hybridized carbons (Fsp3) is 0.365. The maximum Gasteiger partial charge on any atom is 0.0178 e. The van der Waals surface area contributed by atoms with E-state index in [1.54, 1.807) is 0 Å². The zero-order chi connectivity index (χ0) is 43.5. The Hall–Kier alpha value is -4.72. The van der Waals surface area contributed by atoms with Crippen LogP contribution in [0.25, 0.3) is 77.5 Å². The molecule has 0 N–H and O–H groups in total. The summed E-state index contributed by atoms with van der Waals surface area (Å²) in [5, 5.41) is 2.69. The van der Waals surface area contributed by atoms with Crippen molar-refractivity contribution in [2.45, 2.75) is 148 Å². The van der Waals surface area contributed by atoms with Gasteiger partial charge >= 0.3 is 0 Å². The van der Waals surface area contributed by atoms with Crippen molar-refractivity contribution in [2.24, 2.45) is 0 Å². The van der Waals surface area contributed by atoms with E-state index >= 15 is 0 Å². The molecule has 64 heavy (non-hydrogen) atoms. The lowest BCUT2D eigenvalue weighted by Crippen LogP contribution is -1.98. The van der Waals surface area contributed by atoms with Crippen molar-refractivity contribution in [3.05, 3.63) is 155 Å². The molecule has 9 rings (SSSR count). The minimum atomic E-state index is 0.416. The zero-order valence-corrected chi connectivity index (χ0v) is 40.2. The fourth-order valence-corrected chi connectivity index (χ4v) is 11.7. The molecule has 0 saturated heterocycles. The Morgan fingerprint density at radius 1 is 0.344 bits per heavy atom. The van der Waals surface area contributed by atoms with E-state index in [0.717, 1.165) is 0 Å². The fourth-order valence-electron chi connectivity index (χ4n) is 11.4. The smallest absolute Gasteiger partial charge is 0.0178 e. The van der Waals surface area contributed by atoms with Crippen LogP contribution in [0.1, 0.15) is 159 Å². The number of hydrogen-bond acceptors (Lipinski definition) is 0. The van der Waals surface area contributed by atoms with Crippen LogP contribution in [-0.2, 0) is 0 Å². The summed E-state index contributed by atoms with van der Waals surface area (Å²) in [6.45, 7) is 2.31. The number of unbranched alkanes of at least 4 members (excludes halogenated alkanes) is 19. The topological polar surface area (TPSA) is 0 Å². The summed E-state index contributed by atoms with van der Waals surface area (Å²) in [5.74, 6) is 0.416. The first kappa shape index (κ1) is 44.5. The van der Waals surface area contributed by atoms with E-state index in [9.17, 15) is 0 Å². The molecular weight excluding hydrogens is 837 g/mol. The Bertz CT molecular complexity index is 2620. The van der Waals surface area contributed by atoms with Crippen molar-refractivity contribution in [3.8, 4) is 66.8 Å². The maximum absolute atomic E-state index is 3.86. The molecule has 0 nitrogen and oxygen atoms in total. The van der Waals surface area contributed by atoms with Crippen molar-refractivity contribution >= 4 is 26.7 Å². The van der Waals surface area contributed by atoms with E-state index in [0.29, 0.717) is 5.92 Å². The van der Waals surface area contributed by atoms with E-state index in [-0.39, 0.29) is 0 Å². The van der Waals surface area contributed by atoms with Crippen LogP contribution in [-0.4, -0.2) is 0 Å². The van der Waals surface area contributed by atoms with Crippen LogP contribution in [0.15, 0.2) is 144 Å². The Labute approximate surface area is 394 Å². The van der Waals surface area contributed by atoms with Crippen molar-refractivity contribution in [1.29, 1.82) is 0 Å².